The number of carboxylic acids is 1. The third-order valence-corrected chi connectivity index (χ3v) is 4.65. The van der Waals surface area contributed by atoms with E-state index in [1.54, 1.807) is 0 Å². The topological polar surface area (TPSA) is 66.8 Å². The van der Waals surface area contributed by atoms with Gasteiger partial charge in [-0.15, -0.1) is 0 Å². The third-order valence-electron chi connectivity index (χ3n) is 4.65. The fourth-order valence-corrected chi connectivity index (χ4v) is 3.22. The average molecular weight is 469 g/mol. The number of ether oxygens (including phenoxy) is 1. The van der Waals surface area contributed by atoms with Crippen molar-refractivity contribution in [2.45, 2.75) is 31.9 Å². The van der Waals surface area contributed by atoms with Crippen molar-refractivity contribution in [3.05, 3.63) is 47.0 Å². The fourth-order valence-electron chi connectivity index (χ4n) is 3.22. The Labute approximate surface area is 173 Å². The number of alkyl halides is 2. The Morgan fingerprint density at radius 1 is 1.03 bits per heavy atom. The number of halogens is 8. The van der Waals surface area contributed by atoms with E-state index in [0.717, 1.165) is 0 Å². The Morgan fingerprint density at radius 2 is 1.56 bits per heavy atom. The normalized spacial score (nSPS) is 15.9. The lowest BCUT2D eigenvalue weighted by Gasteiger charge is -2.37. The summed E-state index contributed by atoms with van der Waals surface area (Å²) in [6.07, 6.45) is -4.91. The molecule has 32 heavy (non-hydrogen) atoms. The van der Waals surface area contributed by atoms with Crippen LogP contribution >= 0.6 is 0 Å². The highest BCUT2D eigenvalue weighted by atomic mass is 19.3. The number of hydrogen-bond donors (Lipinski definition) is 1. The summed E-state index contributed by atoms with van der Waals surface area (Å²) in [7, 11) is 0. The highest BCUT2D eigenvalue weighted by Gasteiger charge is 2.53. The molecule has 13 heteroatoms. The molecule has 0 spiro atoms. The maximum Gasteiger partial charge on any atom is 0.483 e. The van der Waals surface area contributed by atoms with Crippen LogP contribution < -0.4 is 9.64 Å². The van der Waals surface area contributed by atoms with Gasteiger partial charge in [0.1, 0.15) is 11.9 Å². The van der Waals surface area contributed by atoms with Crippen LogP contribution in [0.1, 0.15) is 19.8 Å². The molecule has 1 heterocycles. The fraction of sp³-hybridized carbons (Fsp3) is 0.263. The molecule has 1 aliphatic rings. The van der Waals surface area contributed by atoms with Crippen molar-refractivity contribution in [2.24, 2.45) is 0 Å². The summed E-state index contributed by atoms with van der Waals surface area (Å²) in [6, 6.07) is -1.50. The van der Waals surface area contributed by atoms with Crippen LogP contribution in [0.3, 0.4) is 0 Å². The number of carbonyl (C=O) groups is 2. The molecule has 5 nitrogen and oxygen atoms in total. The molecular formula is C19H11F8NO4. The van der Waals surface area contributed by atoms with Crippen molar-refractivity contribution in [1.82, 2.24) is 0 Å². The zero-order valence-corrected chi connectivity index (χ0v) is 15.8. The van der Waals surface area contributed by atoms with Gasteiger partial charge in [-0.1, -0.05) is 13.3 Å². The molecule has 172 valence electrons. The lowest BCUT2D eigenvalue weighted by Crippen LogP contribution is -2.56. The van der Waals surface area contributed by atoms with Crippen LogP contribution in [0.25, 0.3) is 11.1 Å². The predicted molar refractivity (Wildman–Crippen MR) is 91.0 cm³/mol. The number of carbonyl (C=O) groups excluding carboxylic acids is 1. The molecule has 0 saturated heterocycles. The van der Waals surface area contributed by atoms with E-state index in [2.05, 4.69) is 4.74 Å². The van der Waals surface area contributed by atoms with Crippen LogP contribution in [0.15, 0.2) is 12.1 Å². The van der Waals surface area contributed by atoms with E-state index in [9.17, 15) is 49.8 Å². The van der Waals surface area contributed by atoms with Gasteiger partial charge < -0.3 is 9.84 Å². The quantitative estimate of drug-likeness (QED) is 0.390. The molecule has 0 unspecified atom stereocenters. The first-order valence-electron chi connectivity index (χ1n) is 8.82. The van der Waals surface area contributed by atoms with Crippen LogP contribution in [0, 0.1) is 34.9 Å². The Morgan fingerprint density at radius 3 is 2.06 bits per heavy atom. The van der Waals surface area contributed by atoms with Crippen LogP contribution in [-0.4, -0.2) is 29.1 Å². The molecule has 0 saturated carbocycles. The van der Waals surface area contributed by atoms with Crippen molar-refractivity contribution >= 4 is 17.6 Å². The molecule has 1 amide bonds. The summed E-state index contributed by atoms with van der Waals surface area (Å²) < 4.78 is 116. The highest BCUT2D eigenvalue weighted by molar-refractivity contribution is 6.05. The van der Waals surface area contributed by atoms with Crippen molar-refractivity contribution in [3.8, 4) is 16.9 Å². The number of aliphatic carboxylic acids is 1. The smallest absolute Gasteiger partial charge is 0.480 e. The molecule has 3 rings (SSSR count). The molecule has 2 aromatic carbocycles. The Bertz CT molecular complexity index is 1110. The van der Waals surface area contributed by atoms with Gasteiger partial charge in [0.25, 0.3) is 0 Å². The molecule has 2 aromatic rings. The lowest BCUT2D eigenvalue weighted by atomic mass is 9.99. The number of amides is 1. The highest BCUT2D eigenvalue weighted by Crippen LogP contribution is 2.45. The van der Waals surface area contributed by atoms with Gasteiger partial charge in [-0.3, -0.25) is 9.69 Å². The predicted octanol–water partition coefficient (Wildman–Crippen LogP) is 4.76. The number of nitrogens with zero attached hydrogens (tertiary/aromatic N) is 1. The number of hydrogen-bond acceptors (Lipinski definition) is 3. The first-order valence-corrected chi connectivity index (χ1v) is 8.82. The van der Waals surface area contributed by atoms with Gasteiger partial charge >= 0.3 is 18.0 Å². The lowest BCUT2D eigenvalue weighted by molar-refractivity contribution is -0.194. The number of carboxylic acid groups (broad SMARTS) is 1. The monoisotopic (exact) mass is 469 g/mol. The molecule has 0 bridgehead atoms. The second-order valence-electron chi connectivity index (χ2n) is 6.68. The van der Waals surface area contributed by atoms with E-state index in [0.29, 0.717) is 6.07 Å². The van der Waals surface area contributed by atoms with Gasteiger partial charge in [-0.25, -0.2) is 31.1 Å². The molecule has 0 aromatic heterocycles. The molecule has 0 aliphatic carbocycles. The van der Waals surface area contributed by atoms with Crippen molar-refractivity contribution in [3.63, 3.8) is 0 Å². The zero-order valence-electron chi connectivity index (χ0n) is 15.8. The molecule has 1 aliphatic heterocycles. The van der Waals surface area contributed by atoms with E-state index in [1.807, 2.05) is 0 Å². The van der Waals surface area contributed by atoms with Gasteiger partial charge in [0.05, 0.1) is 11.3 Å². The molecule has 0 fully saturated rings. The van der Waals surface area contributed by atoms with Crippen LogP contribution in [-0.2, 0) is 9.59 Å². The second-order valence-corrected chi connectivity index (χ2v) is 6.68. The summed E-state index contributed by atoms with van der Waals surface area (Å²) in [5.41, 5.74) is -3.90. The SMILES string of the molecule is CCC[C@@H](C(=O)O)N1C(=O)C(F)(F)Oc2cc(F)c(-c3c(F)c(F)c(F)c(F)c3F)cc21. The van der Waals surface area contributed by atoms with Crippen LogP contribution in [0.4, 0.5) is 40.8 Å². The van der Waals surface area contributed by atoms with Crippen LogP contribution in [0.2, 0.25) is 0 Å². The van der Waals surface area contributed by atoms with E-state index in [1.165, 1.54) is 6.92 Å². The maximum atomic E-state index is 14.6. The van der Waals surface area contributed by atoms with Crippen LogP contribution in [0.5, 0.6) is 5.75 Å². The van der Waals surface area contributed by atoms with Gasteiger partial charge in [0.15, 0.2) is 29.0 Å². The van der Waals surface area contributed by atoms with Crippen molar-refractivity contribution < 1.29 is 54.6 Å². The summed E-state index contributed by atoms with van der Waals surface area (Å²) in [4.78, 5) is 23.9. The zero-order chi connectivity index (χ0) is 24.1. The van der Waals surface area contributed by atoms with E-state index >= 15 is 0 Å². The maximum absolute atomic E-state index is 14.6. The Balaban J connectivity index is 2.34. The number of benzene rings is 2. The minimum Gasteiger partial charge on any atom is -0.480 e. The minimum atomic E-state index is -4.62. The van der Waals surface area contributed by atoms with E-state index < -0.39 is 81.5 Å². The summed E-state index contributed by atoms with van der Waals surface area (Å²) in [5.74, 6) is -18.9. The molecule has 0 radical (unpaired) electrons. The Hall–Kier alpha value is -3.38. The number of rotatable bonds is 5. The average Bonchev–Trinajstić information content (AvgIpc) is 2.71. The number of anilines is 1. The van der Waals surface area contributed by atoms with Crippen molar-refractivity contribution in [2.75, 3.05) is 4.90 Å². The second kappa shape index (κ2) is 7.95. The Kier molecular flexibility index (Phi) is 5.78. The standard InChI is InChI=1S/C19H11F8NO4/c1-2-3-8(17(29)30)28-9-4-6(7(20)5-10(9)32-19(26,27)18(28)31)11-12(21)14(23)16(25)15(24)13(11)22/h4-5,8H,2-3H2,1H3,(H,29,30)/t8-/m0/s1. The number of fused-ring (bicyclic) bond motifs is 1. The third kappa shape index (κ3) is 3.50. The molecule has 1 atom stereocenters. The largest absolute Gasteiger partial charge is 0.483 e. The molecule has 1 N–H and O–H groups in total. The first kappa shape index (κ1) is 23.3. The van der Waals surface area contributed by atoms with Crippen molar-refractivity contribution in [1.29, 1.82) is 0 Å². The summed E-state index contributed by atoms with van der Waals surface area (Å²) >= 11 is 0. The van der Waals surface area contributed by atoms with Gasteiger partial charge in [-0.05, 0) is 12.5 Å². The van der Waals surface area contributed by atoms with Gasteiger partial charge in [0, 0.05) is 11.6 Å². The first-order chi connectivity index (χ1) is 14.8. The summed E-state index contributed by atoms with van der Waals surface area (Å²) in [6.45, 7) is 1.46. The molecular weight excluding hydrogens is 458 g/mol. The van der Waals surface area contributed by atoms with E-state index in [-0.39, 0.29) is 23.8 Å². The summed E-state index contributed by atoms with van der Waals surface area (Å²) in [5, 5.41) is 9.39. The van der Waals surface area contributed by atoms with E-state index in [4.69, 9.17) is 0 Å². The minimum absolute atomic E-state index is 0.0274. The van der Waals surface area contributed by atoms with Gasteiger partial charge in [-0.2, -0.15) is 8.78 Å². The van der Waals surface area contributed by atoms with Gasteiger partial charge in [0.2, 0.25) is 5.82 Å².